The maximum atomic E-state index is 5.76. The highest BCUT2D eigenvalue weighted by atomic mass is 16.5. The van der Waals surface area contributed by atoms with E-state index < -0.39 is 0 Å². The number of hydrogen-bond donors (Lipinski definition) is 2. The summed E-state index contributed by atoms with van der Waals surface area (Å²) in [5.41, 5.74) is 2.41. The summed E-state index contributed by atoms with van der Waals surface area (Å²) in [6.45, 7) is 0. The van der Waals surface area contributed by atoms with E-state index in [1.165, 1.54) is 17.5 Å². The van der Waals surface area contributed by atoms with Crippen LogP contribution in [0.3, 0.4) is 0 Å². The number of nitrogens with two attached hydrogens (primary N) is 1. The van der Waals surface area contributed by atoms with Crippen LogP contribution in [0.4, 0.5) is 5.95 Å². The molecule has 1 saturated carbocycles. The van der Waals surface area contributed by atoms with Crippen LogP contribution >= 0.6 is 0 Å². The van der Waals surface area contributed by atoms with Crippen molar-refractivity contribution in [3.63, 3.8) is 0 Å². The van der Waals surface area contributed by atoms with E-state index in [1.807, 2.05) is 0 Å². The lowest BCUT2D eigenvalue weighted by Crippen LogP contribution is -2.18. The van der Waals surface area contributed by atoms with Crippen molar-refractivity contribution in [3.8, 4) is 12.0 Å². The van der Waals surface area contributed by atoms with Crippen molar-refractivity contribution in [1.29, 1.82) is 0 Å². The monoisotopic (exact) mass is 261 g/mol. The van der Waals surface area contributed by atoms with Crippen molar-refractivity contribution < 1.29 is 4.74 Å². The summed E-state index contributed by atoms with van der Waals surface area (Å²) < 4.78 is 7.29. The van der Waals surface area contributed by atoms with Gasteiger partial charge in [0.05, 0.1) is 0 Å². The topological polar surface area (TPSA) is 104 Å². The molecule has 0 amide bonds. The number of hydrazine groups is 1. The molecule has 1 fully saturated rings. The lowest BCUT2D eigenvalue weighted by atomic mass is 10.3. The third-order valence-electron chi connectivity index (χ3n) is 3.02. The summed E-state index contributed by atoms with van der Waals surface area (Å²) in [5, 5.41) is 4.07. The molecule has 0 atom stereocenters. The zero-order chi connectivity index (χ0) is 13.1. The number of nitrogens with one attached hydrogen (secondary N) is 1. The van der Waals surface area contributed by atoms with Crippen LogP contribution in [0, 0.1) is 0 Å². The molecule has 3 rings (SSSR count). The molecular formula is C11H15N7O. The highest BCUT2D eigenvalue weighted by Crippen LogP contribution is 2.22. The first-order valence-electron chi connectivity index (χ1n) is 6.24. The van der Waals surface area contributed by atoms with Gasteiger partial charge in [0.1, 0.15) is 6.10 Å². The van der Waals surface area contributed by atoms with Crippen LogP contribution in [0.15, 0.2) is 18.5 Å². The highest BCUT2D eigenvalue weighted by molar-refractivity contribution is 5.28. The molecule has 8 nitrogen and oxygen atoms in total. The maximum Gasteiger partial charge on any atom is 0.323 e. The Balaban J connectivity index is 1.88. The van der Waals surface area contributed by atoms with Crippen LogP contribution in [-0.4, -0.2) is 30.8 Å². The number of nitrogen functional groups attached to an aromatic ring is 1. The van der Waals surface area contributed by atoms with E-state index in [-0.39, 0.29) is 18.1 Å². The molecule has 3 N–H and O–H groups in total. The molecular weight excluding hydrogens is 246 g/mol. The number of hydrogen-bond acceptors (Lipinski definition) is 7. The van der Waals surface area contributed by atoms with Gasteiger partial charge in [0.2, 0.25) is 5.95 Å². The van der Waals surface area contributed by atoms with Gasteiger partial charge in [-0.1, -0.05) is 0 Å². The number of anilines is 1. The molecule has 100 valence electrons. The van der Waals surface area contributed by atoms with E-state index in [1.54, 1.807) is 18.5 Å². The number of rotatable bonds is 4. The predicted octanol–water partition coefficient (Wildman–Crippen LogP) is 0.664. The third kappa shape index (κ3) is 2.63. The Hall–Kier alpha value is -2.22. The Labute approximate surface area is 110 Å². The lowest BCUT2D eigenvalue weighted by molar-refractivity contribution is 0.191. The van der Waals surface area contributed by atoms with Gasteiger partial charge in [-0.25, -0.2) is 10.5 Å². The van der Waals surface area contributed by atoms with E-state index in [0.29, 0.717) is 5.95 Å². The highest BCUT2D eigenvalue weighted by Gasteiger charge is 2.19. The smallest absolute Gasteiger partial charge is 0.323 e. The van der Waals surface area contributed by atoms with Crippen molar-refractivity contribution in [2.24, 2.45) is 5.84 Å². The van der Waals surface area contributed by atoms with Crippen LogP contribution in [0.25, 0.3) is 5.95 Å². The molecule has 8 heteroatoms. The molecule has 0 spiro atoms. The Morgan fingerprint density at radius 1 is 1.26 bits per heavy atom. The van der Waals surface area contributed by atoms with Crippen LogP contribution in [0.5, 0.6) is 6.01 Å². The first-order valence-corrected chi connectivity index (χ1v) is 6.24. The number of ether oxygens (including phenoxy) is 1. The summed E-state index contributed by atoms with van der Waals surface area (Å²) in [7, 11) is 0. The second-order valence-electron chi connectivity index (χ2n) is 4.36. The van der Waals surface area contributed by atoms with Crippen molar-refractivity contribution in [2.75, 3.05) is 5.43 Å². The predicted molar refractivity (Wildman–Crippen MR) is 67.6 cm³/mol. The van der Waals surface area contributed by atoms with Gasteiger partial charge < -0.3 is 4.74 Å². The van der Waals surface area contributed by atoms with Crippen LogP contribution < -0.4 is 16.0 Å². The van der Waals surface area contributed by atoms with Gasteiger partial charge in [-0.15, -0.1) is 0 Å². The van der Waals surface area contributed by atoms with Gasteiger partial charge in [-0.3, -0.25) is 5.43 Å². The molecule has 2 aromatic heterocycles. The van der Waals surface area contributed by atoms with Crippen molar-refractivity contribution in [1.82, 2.24) is 24.7 Å². The minimum Gasteiger partial charge on any atom is -0.460 e. The van der Waals surface area contributed by atoms with Crippen LogP contribution in [0.2, 0.25) is 0 Å². The third-order valence-corrected chi connectivity index (χ3v) is 3.02. The fourth-order valence-electron chi connectivity index (χ4n) is 2.11. The minimum atomic E-state index is 0.179. The van der Waals surface area contributed by atoms with Gasteiger partial charge in [-0.05, 0) is 31.7 Å². The molecule has 0 radical (unpaired) electrons. The Bertz CT molecular complexity index is 536. The summed E-state index contributed by atoms with van der Waals surface area (Å²) in [4.78, 5) is 12.5. The standard InChI is InChI=1S/C11H15N7O/c12-17-9-14-10(18-7-3-6-13-18)16-11(15-9)19-8-4-1-2-5-8/h3,6-8H,1-2,4-5,12H2,(H,14,15,16,17). The van der Waals surface area contributed by atoms with Crippen molar-refractivity contribution in [2.45, 2.75) is 31.8 Å². The zero-order valence-electron chi connectivity index (χ0n) is 10.4. The molecule has 0 saturated heterocycles. The van der Waals surface area contributed by atoms with Gasteiger partial charge in [0, 0.05) is 12.4 Å². The van der Waals surface area contributed by atoms with E-state index in [2.05, 4.69) is 25.5 Å². The van der Waals surface area contributed by atoms with Gasteiger partial charge >= 0.3 is 6.01 Å². The number of aromatic nitrogens is 5. The van der Waals surface area contributed by atoms with Crippen LogP contribution in [0.1, 0.15) is 25.7 Å². The van der Waals surface area contributed by atoms with Gasteiger partial charge in [-0.2, -0.15) is 20.1 Å². The normalized spacial score (nSPS) is 15.6. The van der Waals surface area contributed by atoms with Gasteiger partial charge in [0.25, 0.3) is 5.95 Å². The fourth-order valence-corrected chi connectivity index (χ4v) is 2.11. The van der Waals surface area contributed by atoms with E-state index >= 15 is 0 Å². The minimum absolute atomic E-state index is 0.179. The quantitative estimate of drug-likeness (QED) is 0.615. The molecule has 2 heterocycles. The Kier molecular flexibility index (Phi) is 3.23. The van der Waals surface area contributed by atoms with Crippen molar-refractivity contribution >= 4 is 5.95 Å². The molecule has 0 bridgehead atoms. The van der Waals surface area contributed by atoms with Crippen LogP contribution in [-0.2, 0) is 0 Å². The Morgan fingerprint density at radius 2 is 2.11 bits per heavy atom. The largest absolute Gasteiger partial charge is 0.460 e. The molecule has 1 aliphatic carbocycles. The average molecular weight is 261 g/mol. The van der Waals surface area contributed by atoms with E-state index in [0.717, 1.165) is 12.8 Å². The second kappa shape index (κ2) is 5.19. The van der Waals surface area contributed by atoms with E-state index in [9.17, 15) is 0 Å². The molecule has 19 heavy (non-hydrogen) atoms. The maximum absolute atomic E-state index is 5.76. The number of nitrogens with zero attached hydrogens (tertiary/aromatic N) is 5. The summed E-state index contributed by atoms with van der Waals surface area (Å²) >= 11 is 0. The summed E-state index contributed by atoms with van der Waals surface area (Å²) in [6, 6.07) is 2.07. The lowest BCUT2D eigenvalue weighted by Gasteiger charge is -2.12. The molecule has 0 unspecified atom stereocenters. The molecule has 1 aliphatic rings. The Morgan fingerprint density at radius 3 is 2.79 bits per heavy atom. The van der Waals surface area contributed by atoms with E-state index in [4.69, 9.17) is 10.6 Å². The summed E-state index contributed by atoms with van der Waals surface area (Å²) in [5.74, 6) is 5.99. The van der Waals surface area contributed by atoms with Gasteiger partial charge in [0.15, 0.2) is 0 Å². The fraction of sp³-hybridized carbons (Fsp3) is 0.455. The van der Waals surface area contributed by atoms with Crippen molar-refractivity contribution in [3.05, 3.63) is 18.5 Å². The first kappa shape index (κ1) is 11.8. The summed E-state index contributed by atoms with van der Waals surface area (Å²) in [6.07, 6.45) is 8.01. The zero-order valence-corrected chi connectivity index (χ0v) is 10.4. The SMILES string of the molecule is NNc1nc(OC2CCCC2)nc(-n2cccn2)n1. The molecule has 0 aromatic carbocycles. The molecule has 0 aliphatic heterocycles. The molecule has 2 aromatic rings. The second-order valence-corrected chi connectivity index (χ2v) is 4.36. The average Bonchev–Trinajstić information content (AvgIpc) is 3.11. The first-order chi connectivity index (χ1) is 9.35.